The lowest BCUT2D eigenvalue weighted by molar-refractivity contribution is 0.0923. The number of hydrogen-bond donors (Lipinski definition) is 0. The first-order chi connectivity index (χ1) is 6.15. The van der Waals surface area contributed by atoms with Crippen molar-refractivity contribution in [3.8, 4) is 0 Å². The van der Waals surface area contributed by atoms with Crippen LogP contribution in [0.2, 0.25) is 0 Å². The molecule has 0 bridgehead atoms. The van der Waals surface area contributed by atoms with Gasteiger partial charge in [-0.15, -0.1) is 0 Å². The molecule has 0 fully saturated rings. The summed E-state index contributed by atoms with van der Waals surface area (Å²) in [6.45, 7) is 2.33. The maximum absolute atomic E-state index is 11.5. The van der Waals surface area contributed by atoms with Crippen LogP contribution in [0.5, 0.6) is 0 Å². The quantitative estimate of drug-likeness (QED) is 0.651. The van der Waals surface area contributed by atoms with E-state index in [4.69, 9.17) is 4.74 Å². The smallest absolute Gasteiger partial charge is 0.183 e. The fraction of sp³-hybridized carbons (Fsp3) is 0.556. The van der Waals surface area contributed by atoms with Crippen LogP contribution >= 0.6 is 0 Å². The molecule has 0 saturated carbocycles. The van der Waals surface area contributed by atoms with Crippen molar-refractivity contribution < 1.29 is 9.53 Å². The van der Waals surface area contributed by atoms with Crippen LogP contribution in [0.4, 0.5) is 0 Å². The van der Waals surface area contributed by atoms with Crippen molar-refractivity contribution in [2.45, 2.75) is 13.3 Å². The van der Waals surface area contributed by atoms with Crippen LogP contribution in [0.25, 0.3) is 0 Å². The van der Waals surface area contributed by atoms with E-state index < -0.39 is 0 Å². The molecule has 4 heteroatoms. The number of nitrogens with zero attached hydrogens (tertiary/aromatic N) is 2. The second kappa shape index (κ2) is 4.18. The number of carbonyl (C=O) groups is 1. The molecule has 0 unspecified atom stereocenters. The van der Waals surface area contributed by atoms with Crippen LogP contribution < -0.4 is 0 Å². The summed E-state index contributed by atoms with van der Waals surface area (Å²) in [5.41, 5.74) is 1.51. The number of carbonyl (C=O) groups excluding carboxylic acids is 1. The molecule has 0 aliphatic rings. The molecule has 1 heterocycles. The molecule has 0 aliphatic carbocycles. The van der Waals surface area contributed by atoms with E-state index in [1.807, 2.05) is 6.92 Å². The van der Waals surface area contributed by atoms with Crippen LogP contribution in [0.15, 0.2) is 6.07 Å². The normalized spacial score (nSPS) is 10.4. The van der Waals surface area contributed by atoms with Gasteiger partial charge in [0.05, 0.1) is 12.3 Å². The first-order valence-corrected chi connectivity index (χ1v) is 4.18. The van der Waals surface area contributed by atoms with Gasteiger partial charge >= 0.3 is 0 Å². The van der Waals surface area contributed by atoms with E-state index in [0.717, 1.165) is 5.69 Å². The fourth-order valence-corrected chi connectivity index (χ4v) is 1.19. The van der Waals surface area contributed by atoms with Gasteiger partial charge in [-0.25, -0.2) is 0 Å². The zero-order valence-corrected chi connectivity index (χ0v) is 8.20. The molecule has 0 aliphatic heterocycles. The summed E-state index contributed by atoms with van der Waals surface area (Å²) < 4.78 is 6.43. The second-order valence-corrected chi connectivity index (χ2v) is 2.96. The van der Waals surface area contributed by atoms with Gasteiger partial charge in [-0.3, -0.25) is 9.48 Å². The van der Waals surface area contributed by atoms with E-state index in [-0.39, 0.29) is 5.78 Å². The number of ether oxygens (including phenoxy) is 1. The number of hydrogen-bond acceptors (Lipinski definition) is 3. The Morgan fingerprint density at radius 3 is 2.85 bits per heavy atom. The van der Waals surface area contributed by atoms with Crippen molar-refractivity contribution in [1.29, 1.82) is 0 Å². The van der Waals surface area contributed by atoms with Crippen LogP contribution in [0.1, 0.15) is 22.6 Å². The molecule has 0 N–H and O–H groups in total. The molecular formula is C9H14N2O2. The lowest BCUT2D eigenvalue weighted by atomic mass is 10.2. The molecule has 0 amide bonds. The summed E-state index contributed by atoms with van der Waals surface area (Å²) in [5.74, 6) is 0.0740. The summed E-state index contributed by atoms with van der Waals surface area (Å²) in [4.78, 5) is 11.5. The van der Waals surface area contributed by atoms with Crippen molar-refractivity contribution >= 4 is 5.78 Å². The van der Waals surface area contributed by atoms with Crippen molar-refractivity contribution in [1.82, 2.24) is 9.78 Å². The van der Waals surface area contributed by atoms with Gasteiger partial charge in [-0.2, -0.15) is 5.10 Å². The molecule has 1 rings (SSSR count). The van der Waals surface area contributed by atoms with E-state index in [0.29, 0.717) is 18.7 Å². The van der Waals surface area contributed by atoms with Gasteiger partial charge in [0.25, 0.3) is 0 Å². The average Bonchev–Trinajstić information content (AvgIpc) is 2.41. The maximum atomic E-state index is 11.5. The highest BCUT2D eigenvalue weighted by molar-refractivity contribution is 5.94. The highest BCUT2D eigenvalue weighted by Gasteiger charge is 2.10. The zero-order valence-electron chi connectivity index (χ0n) is 8.20. The van der Waals surface area contributed by atoms with Gasteiger partial charge in [0.2, 0.25) is 0 Å². The van der Waals surface area contributed by atoms with E-state index in [1.165, 1.54) is 0 Å². The number of aryl methyl sites for hydroxylation is 2. The van der Waals surface area contributed by atoms with E-state index in [9.17, 15) is 4.79 Å². The summed E-state index contributed by atoms with van der Waals surface area (Å²) in [5, 5.41) is 4.10. The average molecular weight is 182 g/mol. The first-order valence-electron chi connectivity index (χ1n) is 4.18. The molecule has 0 radical (unpaired) electrons. The monoisotopic (exact) mass is 182 g/mol. The Morgan fingerprint density at radius 2 is 2.38 bits per heavy atom. The minimum atomic E-state index is 0.0740. The van der Waals surface area contributed by atoms with E-state index >= 15 is 0 Å². The fourth-order valence-electron chi connectivity index (χ4n) is 1.19. The number of Topliss-reactive ketones (excluding diaryl/α,β-unsaturated/α-hetero) is 1. The van der Waals surface area contributed by atoms with Crippen LogP contribution in [0.3, 0.4) is 0 Å². The minimum absolute atomic E-state index is 0.0740. The highest BCUT2D eigenvalue weighted by atomic mass is 16.5. The van der Waals surface area contributed by atoms with E-state index in [1.54, 1.807) is 24.9 Å². The summed E-state index contributed by atoms with van der Waals surface area (Å²) >= 11 is 0. The Balaban J connectivity index is 2.70. The van der Waals surface area contributed by atoms with Gasteiger partial charge in [-0.05, 0) is 13.0 Å². The molecule has 72 valence electrons. The van der Waals surface area contributed by atoms with Gasteiger partial charge in [0.15, 0.2) is 5.78 Å². The largest absolute Gasteiger partial charge is 0.384 e. The Labute approximate surface area is 77.5 Å². The van der Waals surface area contributed by atoms with Crippen molar-refractivity contribution in [3.63, 3.8) is 0 Å². The van der Waals surface area contributed by atoms with Crippen molar-refractivity contribution in [2.24, 2.45) is 7.05 Å². The molecule has 0 aromatic carbocycles. The first kappa shape index (κ1) is 9.92. The Bertz CT molecular complexity index is 305. The number of rotatable bonds is 4. The standard InChI is InChI=1S/C9H14N2O2/c1-7-6-8(11(2)10-7)9(12)4-5-13-3/h6H,4-5H2,1-3H3. The van der Waals surface area contributed by atoms with Crippen molar-refractivity contribution in [3.05, 3.63) is 17.5 Å². The lowest BCUT2D eigenvalue weighted by Gasteiger charge is -1.99. The predicted octanol–water partition coefficient (Wildman–Crippen LogP) is 0.948. The van der Waals surface area contributed by atoms with E-state index in [2.05, 4.69) is 5.10 Å². The summed E-state index contributed by atoms with van der Waals surface area (Å²) in [7, 11) is 3.36. The Hall–Kier alpha value is -1.16. The Morgan fingerprint density at radius 1 is 1.69 bits per heavy atom. The van der Waals surface area contributed by atoms with Gasteiger partial charge < -0.3 is 4.74 Å². The van der Waals surface area contributed by atoms with Crippen LogP contribution in [-0.4, -0.2) is 29.3 Å². The molecular weight excluding hydrogens is 168 g/mol. The zero-order chi connectivity index (χ0) is 9.84. The lowest BCUT2D eigenvalue weighted by Crippen LogP contribution is -2.08. The third-order valence-corrected chi connectivity index (χ3v) is 1.82. The number of ketones is 1. The van der Waals surface area contributed by atoms with Gasteiger partial charge in [0, 0.05) is 20.6 Å². The molecule has 0 atom stereocenters. The summed E-state index contributed by atoms with van der Waals surface area (Å²) in [6, 6.07) is 1.79. The molecule has 1 aromatic rings. The second-order valence-electron chi connectivity index (χ2n) is 2.96. The van der Waals surface area contributed by atoms with Crippen LogP contribution in [-0.2, 0) is 11.8 Å². The third-order valence-electron chi connectivity index (χ3n) is 1.82. The topological polar surface area (TPSA) is 44.1 Å². The third kappa shape index (κ3) is 2.39. The van der Waals surface area contributed by atoms with Crippen molar-refractivity contribution in [2.75, 3.05) is 13.7 Å². The minimum Gasteiger partial charge on any atom is -0.384 e. The SMILES string of the molecule is COCCC(=O)c1cc(C)nn1C. The number of methoxy groups -OCH3 is 1. The molecule has 4 nitrogen and oxygen atoms in total. The molecule has 0 spiro atoms. The van der Waals surface area contributed by atoms with Crippen LogP contribution in [0, 0.1) is 6.92 Å². The maximum Gasteiger partial charge on any atom is 0.183 e. The molecule has 13 heavy (non-hydrogen) atoms. The molecule has 0 saturated heterocycles. The van der Waals surface area contributed by atoms with Gasteiger partial charge in [0.1, 0.15) is 5.69 Å². The Kier molecular flexibility index (Phi) is 3.19. The number of aromatic nitrogens is 2. The predicted molar refractivity (Wildman–Crippen MR) is 48.8 cm³/mol. The summed E-state index contributed by atoms with van der Waals surface area (Å²) in [6.07, 6.45) is 0.412. The molecule has 1 aromatic heterocycles. The highest BCUT2D eigenvalue weighted by Crippen LogP contribution is 2.04. The van der Waals surface area contributed by atoms with Gasteiger partial charge in [-0.1, -0.05) is 0 Å².